The summed E-state index contributed by atoms with van der Waals surface area (Å²) in [5.74, 6) is -1.47. The molecule has 2 aromatic heterocycles. The number of nitrogens with one attached hydrogen (secondary N) is 3. The van der Waals surface area contributed by atoms with Gasteiger partial charge in [0, 0.05) is 45.6 Å². The summed E-state index contributed by atoms with van der Waals surface area (Å²) in [7, 11) is 4.63. The fourth-order valence-electron chi connectivity index (χ4n) is 4.12. The zero-order chi connectivity index (χ0) is 29.0. The standard InChI is InChI=1S/C24H26F3N9O4/c1-28-23(39)20-16(30-15-6-4-5-14(21(15)40-3)22-29-12-35(2)34-22)8-17(32-33-20)31-18(37)7-13-10-36(11-13)19(38)9-24(25,26)27/h4-6,8,12-13H,7,9-11H2,1-3H3,(H,28,39)(H2,30,31,32,37). The van der Waals surface area contributed by atoms with Gasteiger partial charge in [0.15, 0.2) is 23.1 Å². The van der Waals surface area contributed by atoms with E-state index >= 15 is 0 Å². The van der Waals surface area contributed by atoms with E-state index in [0.717, 1.165) is 4.90 Å². The van der Waals surface area contributed by atoms with Gasteiger partial charge in [-0.05, 0) is 12.1 Å². The van der Waals surface area contributed by atoms with E-state index in [1.807, 2.05) is 0 Å². The SMILES string of the molecule is CNC(=O)c1nnc(NC(=O)CC2CN(C(=O)CC(F)(F)F)C2)cc1Nc1cccc(-c2ncn(C)n2)c1OC. The van der Waals surface area contributed by atoms with Gasteiger partial charge in [-0.1, -0.05) is 6.07 Å². The summed E-state index contributed by atoms with van der Waals surface area (Å²) >= 11 is 0. The Morgan fingerprint density at radius 2 is 1.90 bits per heavy atom. The highest BCUT2D eigenvalue weighted by atomic mass is 19.4. The number of amides is 3. The number of rotatable bonds is 9. The molecule has 0 unspecified atom stereocenters. The molecule has 0 bridgehead atoms. The molecule has 3 aromatic rings. The highest BCUT2D eigenvalue weighted by Gasteiger charge is 2.38. The summed E-state index contributed by atoms with van der Waals surface area (Å²) in [6, 6.07) is 6.64. The summed E-state index contributed by atoms with van der Waals surface area (Å²) in [5, 5.41) is 20.3. The minimum atomic E-state index is -4.58. The van der Waals surface area contributed by atoms with Crippen molar-refractivity contribution >= 4 is 34.9 Å². The smallest absolute Gasteiger partial charge is 0.397 e. The average Bonchev–Trinajstić information content (AvgIpc) is 3.30. The van der Waals surface area contributed by atoms with Crippen molar-refractivity contribution in [2.24, 2.45) is 13.0 Å². The van der Waals surface area contributed by atoms with E-state index < -0.39 is 30.3 Å². The van der Waals surface area contributed by atoms with Crippen molar-refractivity contribution in [1.29, 1.82) is 0 Å². The number of anilines is 3. The number of nitrogens with zero attached hydrogens (tertiary/aromatic N) is 6. The molecule has 0 atom stereocenters. The number of aryl methyl sites for hydroxylation is 1. The van der Waals surface area contributed by atoms with E-state index in [-0.39, 0.29) is 42.6 Å². The van der Waals surface area contributed by atoms with Gasteiger partial charge in [-0.15, -0.1) is 10.2 Å². The molecule has 3 N–H and O–H groups in total. The number of hydrogen-bond acceptors (Lipinski definition) is 9. The molecular formula is C24H26F3N9O4. The molecule has 40 heavy (non-hydrogen) atoms. The van der Waals surface area contributed by atoms with E-state index in [4.69, 9.17) is 4.74 Å². The second kappa shape index (κ2) is 11.5. The van der Waals surface area contributed by atoms with Gasteiger partial charge in [0.2, 0.25) is 11.8 Å². The number of likely N-dealkylation sites (tertiary alicyclic amines) is 1. The van der Waals surface area contributed by atoms with Crippen LogP contribution in [0.4, 0.5) is 30.4 Å². The minimum Gasteiger partial charge on any atom is -0.494 e. The van der Waals surface area contributed by atoms with Crippen molar-refractivity contribution in [3.05, 3.63) is 36.3 Å². The molecule has 1 aliphatic rings. The molecule has 4 rings (SSSR count). The summed E-state index contributed by atoms with van der Waals surface area (Å²) in [5.41, 5.74) is 1.21. The van der Waals surface area contributed by atoms with Crippen LogP contribution in [0.2, 0.25) is 0 Å². The van der Waals surface area contributed by atoms with Crippen LogP contribution in [0.5, 0.6) is 5.75 Å². The van der Waals surface area contributed by atoms with E-state index in [9.17, 15) is 27.6 Å². The Morgan fingerprint density at radius 3 is 2.52 bits per heavy atom. The maximum absolute atomic E-state index is 12.6. The molecule has 3 amide bonds. The second-order valence-electron chi connectivity index (χ2n) is 9.03. The van der Waals surface area contributed by atoms with Crippen molar-refractivity contribution in [2.75, 3.05) is 37.9 Å². The number of halogens is 3. The number of carbonyl (C=O) groups excluding carboxylic acids is 3. The maximum atomic E-state index is 12.6. The van der Waals surface area contributed by atoms with Gasteiger partial charge in [-0.3, -0.25) is 19.1 Å². The second-order valence-corrected chi connectivity index (χ2v) is 9.03. The Bertz CT molecular complexity index is 1420. The van der Waals surface area contributed by atoms with E-state index in [2.05, 4.69) is 36.2 Å². The fraction of sp³-hybridized carbons (Fsp3) is 0.375. The summed E-state index contributed by atoms with van der Waals surface area (Å²) in [4.78, 5) is 42.0. The van der Waals surface area contributed by atoms with Crippen LogP contribution >= 0.6 is 0 Å². The van der Waals surface area contributed by atoms with Gasteiger partial charge >= 0.3 is 6.18 Å². The lowest BCUT2D eigenvalue weighted by Gasteiger charge is -2.39. The lowest BCUT2D eigenvalue weighted by atomic mass is 9.95. The van der Waals surface area contributed by atoms with E-state index in [0.29, 0.717) is 22.8 Å². The quantitative estimate of drug-likeness (QED) is 0.356. The number of alkyl halides is 3. The highest BCUT2D eigenvalue weighted by molar-refractivity contribution is 5.99. The largest absolute Gasteiger partial charge is 0.494 e. The third-order valence-electron chi connectivity index (χ3n) is 5.97. The molecular weight excluding hydrogens is 535 g/mol. The van der Waals surface area contributed by atoms with E-state index in [1.54, 1.807) is 36.3 Å². The maximum Gasteiger partial charge on any atom is 0.397 e. The number of carbonyl (C=O) groups is 3. The van der Waals surface area contributed by atoms with Gasteiger partial charge in [0.1, 0.15) is 12.7 Å². The molecule has 13 nitrogen and oxygen atoms in total. The first-order chi connectivity index (χ1) is 19.0. The molecule has 1 aromatic carbocycles. The molecule has 0 aliphatic carbocycles. The average molecular weight is 562 g/mol. The van der Waals surface area contributed by atoms with Crippen molar-refractivity contribution in [2.45, 2.75) is 19.0 Å². The fourth-order valence-corrected chi connectivity index (χ4v) is 4.12. The Hall–Kier alpha value is -4.76. The number of aromatic nitrogens is 5. The van der Waals surface area contributed by atoms with Gasteiger partial charge in [-0.2, -0.15) is 18.3 Å². The van der Waals surface area contributed by atoms with Crippen LogP contribution in [0.3, 0.4) is 0 Å². The molecule has 1 aliphatic heterocycles. The van der Waals surface area contributed by atoms with Crippen LogP contribution in [-0.2, 0) is 16.6 Å². The summed E-state index contributed by atoms with van der Waals surface area (Å²) < 4.78 is 44.4. The van der Waals surface area contributed by atoms with Crippen LogP contribution in [0.25, 0.3) is 11.4 Å². The molecule has 16 heteroatoms. The highest BCUT2D eigenvalue weighted by Crippen LogP contribution is 2.37. The van der Waals surface area contributed by atoms with Gasteiger partial charge in [0.05, 0.1) is 24.0 Å². The number of ether oxygens (including phenoxy) is 1. The molecule has 212 valence electrons. The van der Waals surface area contributed by atoms with Crippen molar-refractivity contribution in [3.8, 4) is 17.1 Å². The molecule has 0 spiro atoms. The Kier molecular flexibility index (Phi) is 8.16. The van der Waals surface area contributed by atoms with Crippen molar-refractivity contribution < 1.29 is 32.3 Å². The molecule has 3 heterocycles. The Morgan fingerprint density at radius 1 is 1.15 bits per heavy atom. The lowest BCUT2D eigenvalue weighted by molar-refractivity contribution is -0.166. The number of benzene rings is 1. The van der Waals surface area contributed by atoms with Crippen LogP contribution in [0.15, 0.2) is 30.6 Å². The van der Waals surface area contributed by atoms with Crippen LogP contribution in [0, 0.1) is 5.92 Å². The van der Waals surface area contributed by atoms with Gasteiger partial charge in [0.25, 0.3) is 5.91 Å². The summed E-state index contributed by atoms with van der Waals surface area (Å²) in [6.45, 7) is 0.107. The predicted molar refractivity (Wildman–Crippen MR) is 136 cm³/mol. The van der Waals surface area contributed by atoms with Crippen molar-refractivity contribution in [3.63, 3.8) is 0 Å². The topological polar surface area (TPSA) is 156 Å². The Labute approximate surface area is 226 Å². The van der Waals surface area contributed by atoms with Crippen LogP contribution < -0.4 is 20.7 Å². The number of methoxy groups -OCH3 is 1. The summed E-state index contributed by atoms with van der Waals surface area (Å²) in [6.07, 6.45) is -4.60. The minimum absolute atomic E-state index is 0.0333. The lowest BCUT2D eigenvalue weighted by Crippen LogP contribution is -2.51. The van der Waals surface area contributed by atoms with E-state index in [1.165, 1.54) is 20.2 Å². The molecule has 0 radical (unpaired) electrons. The molecule has 1 fully saturated rings. The monoisotopic (exact) mass is 561 g/mol. The number of para-hydroxylation sites is 1. The normalized spacial score (nSPS) is 13.4. The van der Waals surface area contributed by atoms with Crippen molar-refractivity contribution in [1.82, 2.24) is 35.2 Å². The Balaban J connectivity index is 1.49. The predicted octanol–water partition coefficient (Wildman–Crippen LogP) is 2.12. The molecule has 1 saturated heterocycles. The third-order valence-corrected chi connectivity index (χ3v) is 5.97. The zero-order valence-corrected chi connectivity index (χ0v) is 21.7. The first-order valence-electron chi connectivity index (χ1n) is 12.0. The van der Waals surface area contributed by atoms with Crippen LogP contribution in [-0.4, -0.2) is 81.0 Å². The molecule has 0 saturated carbocycles. The zero-order valence-electron chi connectivity index (χ0n) is 21.7. The van der Waals surface area contributed by atoms with Gasteiger partial charge in [-0.25, -0.2) is 4.98 Å². The first kappa shape index (κ1) is 28.3. The first-order valence-corrected chi connectivity index (χ1v) is 12.0. The number of hydrogen-bond donors (Lipinski definition) is 3. The van der Waals surface area contributed by atoms with Crippen LogP contribution in [0.1, 0.15) is 23.3 Å². The third kappa shape index (κ3) is 6.62. The van der Waals surface area contributed by atoms with Gasteiger partial charge < -0.3 is 25.6 Å².